The van der Waals surface area contributed by atoms with Crippen molar-refractivity contribution < 1.29 is 4.74 Å². The molecule has 15 heavy (non-hydrogen) atoms. The number of hydrogen-bond donors (Lipinski definition) is 1. The lowest BCUT2D eigenvalue weighted by Crippen LogP contribution is -2.49. The Morgan fingerprint density at radius 3 is 2.93 bits per heavy atom. The summed E-state index contributed by atoms with van der Waals surface area (Å²) in [6, 6.07) is 2.40. The minimum Gasteiger partial charge on any atom is -0.380 e. The van der Waals surface area contributed by atoms with Crippen LogP contribution in [0.2, 0.25) is 0 Å². The smallest absolute Gasteiger partial charge is 0.0559 e. The largest absolute Gasteiger partial charge is 0.380 e. The van der Waals surface area contributed by atoms with Gasteiger partial charge < -0.3 is 10.1 Å². The Labute approximate surface area is 90.6 Å². The van der Waals surface area contributed by atoms with Crippen LogP contribution in [0.25, 0.3) is 0 Å². The van der Waals surface area contributed by atoms with Crippen molar-refractivity contribution in [2.45, 2.75) is 26.4 Å². The predicted octanol–water partition coefficient (Wildman–Crippen LogP) is 0.898. The summed E-state index contributed by atoms with van der Waals surface area (Å²) in [6.45, 7) is 8.15. The minimum atomic E-state index is 0.346. The number of hydrogen-bond acceptors (Lipinski definition) is 3. The van der Waals surface area contributed by atoms with E-state index in [1.165, 1.54) is 0 Å². The maximum Gasteiger partial charge on any atom is 0.0559 e. The molecule has 0 spiro atoms. The summed E-state index contributed by atoms with van der Waals surface area (Å²) < 4.78 is 7.17. The quantitative estimate of drug-likeness (QED) is 0.783. The molecule has 0 saturated carbocycles. The molecular formula is C11H19N3O. The highest BCUT2D eigenvalue weighted by Gasteiger charge is 2.33. The van der Waals surface area contributed by atoms with Crippen LogP contribution in [0, 0.1) is 5.41 Å². The number of nitrogens with zero attached hydrogens (tertiary/aromatic N) is 2. The van der Waals surface area contributed by atoms with Gasteiger partial charge in [0.05, 0.1) is 19.8 Å². The molecule has 1 fully saturated rings. The number of aromatic nitrogens is 2. The lowest BCUT2D eigenvalue weighted by molar-refractivity contribution is -0.1000. The van der Waals surface area contributed by atoms with Gasteiger partial charge in [0.15, 0.2) is 0 Å². The maximum atomic E-state index is 5.22. The third-order valence-electron chi connectivity index (χ3n) is 2.80. The van der Waals surface area contributed by atoms with E-state index in [1.807, 2.05) is 23.1 Å². The zero-order valence-electron chi connectivity index (χ0n) is 9.44. The third kappa shape index (κ3) is 2.79. The van der Waals surface area contributed by atoms with E-state index < -0.39 is 0 Å². The molecule has 1 aromatic heterocycles. The van der Waals surface area contributed by atoms with Crippen LogP contribution in [0.15, 0.2) is 18.5 Å². The summed E-state index contributed by atoms with van der Waals surface area (Å²) >= 11 is 0. The summed E-state index contributed by atoms with van der Waals surface area (Å²) in [7, 11) is 0. The van der Waals surface area contributed by atoms with Crippen molar-refractivity contribution in [3.63, 3.8) is 0 Å². The lowest BCUT2D eigenvalue weighted by Gasteiger charge is -2.39. The van der Waals surface area contributed by atoms with Gasteiger partial charge in [0.25, 0.3) is 0 Å². The first-order valence-corrected chi connectivity index (χ1v) is 5.47. The Kier molecular flexibility index (Phi) is 3.07. The highest BCUT2D eigenvalue weighted by atomic mass is 16.5. The van der Waals surface area contributed by atoms with Gasteiger partial charge in [0.2, 0.25) is 0 Å². The van der Waals surface area contributed by atoms with Crippen LogP contribution < -0.4 is 5.32 Å². The van der Waals surface area contributed by atoms with Crippen molar-refractivity contribution in [1.82, 2.24) is 15.1 Å². The molecule has 1 unspecified atom stereocenters. The molecule has 2 heterocycles. The molecule has 1 saturated heterocycles. The number of nitrogens with one attached hydrogen (secondary N) is 1. The average Bonchev–Trinajstić information content (AvgIpc) is 2.64. The van der Waals surface area contributed by atoms with Crippen LogP contribution >= 0.6 is 0 Å². The summed E-state index contributed by atoms with van der Waals surface area (Å²) in [5.41, 5.74) is 0.346. The van der Waals surface area contributed by atoms with E-state index in [9.17, 15) is 0 Å². The van der Waals surface area contributed by atoms with Crippen LogP contribution in [0.1, 0.15) is 13.8 Å². The van der Waals surface area contributed by atoms with Crippen molar-refractivity contribution in [3.05, 3.63) is 18.5 Å². The molecule has 1 aliphatic heterocycles. The van der Waals surface area contributed by atoms with E-state index in [1.54, 1.807) is 0 Å². The molecule has 1 N–H and O–H groups in total. The standard InChI is InChI=1S/C11H19N3O/c1-10(6-14-5-3-4-13-14)12-7-11(2)8-15-9-11/h3-5,10,12H,6-9H2,1-2H3. The van der Waals surface area contributed by atoms with E-state index >= 15 is 0 Å². The molecule has 4 nitrogen and oxygen atoms in total. The van der Waals surface area contributed by atoms with Gasteiger partial charge in [-0.05, 0) is 13.0 Å². The first-order chi connectivity index (χ1) is 7.18. The summed E-state index contributed by atoms with van der Waals surface area (Å²) in [5, 5.41) is 7.71. The molecular weight excluding hydrogens is 190 g/mol. The Morgan fingerprint density at radius 1 is 1.60 bits per heavy atom. The fourth-order valence-corrected chi connectivity index (χ4v) is 1.73. The molecule has 1 aromatic rings. The van der Waals surface area contributed by atoms with Gasteiger partial charge in [-0.1, -0.05) is 6.92 Å². The molecule has 1 aliphatic rings. The molecule has 0 amide bonds. The second kappa shape index (κ2) is 4.33. The molecule has 4 heteroatoms. The van der Waals surface area contributed by atoms with E-state index in [-0.39, 0.29) is 0 Å². The number of ether oxygens (including phenoxy) is 1. The van der Waals surface area contributed by atoms with Gasteiger partial charge in [0, 0.05) is 30.4 Å². The topological polar surface area (TPSA) is 39.1 Å². The fraction of sp³-hybridized carbons (Fsp3) is 0.727. The first kappa shape index (κ1) is 10.6. The summed E-state index contributed by atoms with van der Waals surface area (Å²) in [4.78, 5) is 0. The molecule has 84 valence electrons. The van der Waals surface area contributed by atoms with Gasteiger partial charge in [-0.15, -0.1) is 0 Å². The molecule has 1 atom stereocenters. The first-order valence-electron chi connectivity index (χ1n) is 5.47. The third-order valence-corrected chi connectivity index (χ3v) is 2.80. The van der Waals surface area contributed by atoms with E-state index in [2.05, 4.69) is 24.3 Å². The zero-order valence-corrected chi connectivity index (χ0v) is 9.44. The van der Waals surface area contributed by atoms with Gasteiger partial charge in [-0.2, -0.15) is 5.10 Å². The molecule has 0 aromatic carbocycles. The van der Waals surface area contributed by atoms with Crippen LogP contribution in [-0.4, -0.2) is 35.6 Å². The van der Waals surface area contributed by atoms with Gasteiger partial charge >= 0.3 is 0 Å². The van der Waals surface area contributed by atoms with Gasteiger partial charge in [0.1, 0.15) is 0 Å². The highest BCUT2D eigenvalue weighted by Crippen LogP contribution is 2.25. The van der Waals surface area contributed by atoms with E-state index in [0.29, 0.717) is 11.5 Å². The minimum absolute atomic E-state index is 0.346. The van der Waals surface area contributed by atoms with Crippen molar-refractivity contribution in [2.24, 2.45) is 5.41 Å². The van der Waals surface area contributed by atoms with E-state index in [0.717, 1.165) is 26.3 Å². The average molecular weight is 209 g/mol. The second-order valence-electron chi connectivity index (χ2n) is 4.81. The van der Waals surface area contributed by atoms with Crippen molar-refractivity contribution in [3.8, 4) is 0 Å². The van der Waals surface area contributed by atoms with Crippen LogP contribution in [0.5, 0.6) is 0 Å². The normalized spacial score (nSPS) is 20.9. The SMILES string of the molecule is CC(Cn1cccn1)NCC1(C)COC1. The summed E-state index contributed by atoms with van der Waals surface area (Å²) in [5.74, 6) is 0. The second-order valence-corrected chi connectivity index (χ2v) is 4.81. The van der Waals surface area contributed by atoms with E-state index in [4.69, 9.17) is 4.74 Å². The monoisotopic (exact) mass is 209 g/mol. The van der Waals surface area contributed by atoms with Crippen molar-refractivity contribution >= 4 is 0 Å². The van der Waals surface area contributed by atoms with Crippen molar-refractivity contribution in [1.29, 1.82) is 0 Å². The van der Waals surface area contributed by atoms with Gasteiger partial charge in [-0.3, -0.25) is 4.68 Å². The summed E-state index contributed by atoms with van der Waals surface area (Å²) in [6.07, 6.45) is 3.81. The number of rotatable bonds is 5. The van der Waals surface area contributed by atoms with Crippen LogP contribution in [0.4, 0.5) is 0 Å². The lowest BCUT2D eigenvalue weighted by atomic mass is 9.88. The van der Waals surface area contributed by atoms with Crippen molar-refractivity contribution in [2.75, 3.05) is 19.8 Å². The molecule has 0 aliphatic carbocycles. The molecule has 0 radical (unpaired) electrons. The Bertz CT molecular complexity index is 293. The molecule has 2 rings (SSSR count). The molecule has 0 bridgehead atoms. The Hall–Kier alpha value is -0.870. The predicted molar refractivity (Wildman–Crippen MR) is 58.6 cm³/mol. The Morgan fingerprint density at radius 2 is 2.40 bits per heavy atom. The Balaban J connectivity index is 1.70. The fourth-order valence-electron chi connectivity index (χ4n) is 1.73. The highest BCUT2D eigenvalue weighted by molar-refractivity contribution is 4.84. The van der Waals surface area contributed by atoms with Crippen LogP contribution in [-0.2, 0) is 11.3 Å². The van der Waals surface area contributed by atoms with Gasteiger partial charge in [-0.25, -0.2) is 0 Å². The zero-order chi connectivity index (χ0) is 10.7. The van der Waals surface area contributed by atoms with Crippen LogP contribution in [0.3, 0.4) is 0 Å². The maximum absolute atomic E-state index is 5.22.